The normalized spacial score (nSPS) is 19.0. The maximum atomic E-state index is 12.3. The minimum atomic E-state index is -3.04. The largest absolute Gasteiger partial charge is 0.347 e. The third-order valence-electron chi connectivity index (χ3n) is 3.68. The molecule has 0 radical (unpaired) electrons. The van der Waals surface area contributed by atoms with Gasteiger partial charge < -0.3 is 10.6 Å². The number of sulfone groups is 1. The lowest BCUT2D eigenvalue weighted by Gasteiger charge is -2.12. The van der Waals surface area contributed by atoms with Gasteiger partial charge in [-0.05, 0) is 25.5 Å². The van der Waals surface area contributed by atoms with E-state index in [0.29, 0.717) is 18.1 Å². The molecule has 2 aromatic rings. The number of hydrogen-bond acceptors (Lipinski definition) is 6. The average molecular weight is 346 g/mol. The van der Waals surface area contributed by atoms with E-state index in [9.17, 15) is 13.2 Å². The number of aryl methyl sites for hydroxylation is 1. The Morgan fingerprint density at radius 1 is 1.21 bits per heavy atom. The van der Waals surface area contributed by atoms with E-state index in [1.807, 2.05) is 30.3 Å². The molecule has 1 aliphatic rings. The summed E-state index contributed by atoms with van der Waals surface area (Å²) in [5, 5.41) is 5.85. The lowest BCUT2D eigenvalue weighted by atomic mass is 10.2. The monoisotopic (exact) mass is 346 g/mol. The topological polar surface area (TPSA) is 101 Å². The highest BCUT2D eigenvalue weighted by Gasteiger charge is 2.29. The zero-order valence-corrected chi connectivity index (χ0v) is 14.0. The van der Waals surface area contributed by atoms with E-state index >= 15 is 0 Å². The van der Waals surface area contributed by atoms with E-state index < -0.39 is 15.7 Å². The number of amides is 1. The molecule has 0 bridgehead atoms. The smallest absolute Gasteiger partial charge is 0.270 e. The van der Waals surface area contributed by atoms with Crippen molar-refractivity contribution in [3.8, 4) is 0 Å². The number of rotatable bonds is 4. The first-order valence-corrected chi connectivity index (χ1v) is 9.42. The lowest BCUT2D eigenvalue weighted by molar-refractivity contribution is 0.0935. The predicted molar refractivity (Wildman–Crippen MR) is 91.0 cm³/mol. The van der Waals surface area contributed by atoms with Crippen molar-refractivity contribution >= 4 is 27.2 Å². The molecule has 1 saturated heterocycles. The Bertz CT molecular complexity index is 853. The predicted octanol–water partition coefficient (Wildman–Crippen LogP) is 1.45. The summed E-state index contributed by atoms with van der Waals surface area (Å²) in [6, 6.07) is 10.7. The summed E-state index contributed by atoms with van der Waals surface area (Å²) >= 11 is 0. The maximum absolute atomic E-state index is 12.3. The Kier molecular flexibility index (Phi) is 4.48. The third kappa shape index (κ3) is 4.08. The van der Waals surface area contributed by atoms with Crippen molar-refractivity contribution in [3.05, 3.63) is 47.9 Å². The SMILES string of the molecule is Cc1nc(Nc2ccccc2)cc(C(=O)NC2CCS(=O)(=O)C2)n1. The van der Waals surface area contributed by atoms with E-state index in [2.05, 4.69) is 20.6 Å². The molecule has 1 aromatic heterocycles. The zero-order valence-electron chi connectivity index (χ0n) is 13.2. The second-order valence-electron chi connectivity index (χ2n) is 5.75. The first-order chi connectivity index (χ1) is 11.4. The molecule has 7 nitrogen and oxygen atoms in total. The van der Waals surface area contributed by atoms with Gasteiger partial charge in [0.15, 0.2) is 9.84 Å². The second-order valence-corrected chi connectivity index (χ2v) is 7.98. The molecule has 1 aliphatic heterocycles. The van der Waals surface area contributed by atoms with E-state index in [0.717, 1.165) is 5.69 Å². The molecule has 0 saturated carbocycles. The highest BCUT2D eigenvalue weighted by molar-refractivity contribution is 7.91. The van der Waals surface area contributed by atoms with Crippen molar-refractivity contribution in [3.63, 3.8) is 0 Å². The van der Waals surface area contributed by atoms with Crippen LogP contribution in [0.2, 0.25) is 0 Å². The van der Waals surface area contributed by atoms with Gasteiger partial charge in [-0.2, -0.15) is 0 Å². The van der Waals surface area contributed by atoms with Gasteiger partial charge in [-0.3, -0.25) is 4.79 Å². The van der Waals surface area contributed by atoms with Crippen molar-refractivity contribution in [2.45, 2.75) is 19.4 Å². The fourth-order valence-electron chi connectivity index (χ4n) is 2.59. The van der Waals surface area contributed by atoms with Crippen molar-refractivity contribution in [2.24, 2.45) is 0 Å². The molecule has 2 N–H and O–H groups in total. The molecule has 24 heavy (non-hydrogen) atoms. The van der Waals surface area contributed by atoms with Crippen LogP contribution in [0.15, 0.2) is 36.4 Å². The molecule has 1 amide bonds. The van der Waals surface area contributed by atoms with Crippen LogP contribution in [0.25, 0.3) is 0 Å². The summed E-state index contributed by atoms with van der Waals surface area (Å²) in [7, 11) is -3.04. The Labute approximate surface area is 140 Å². The number of hydrogen-bond donors (Lipinski definition) is 2. The highest BCUT2D eigenvalue weighted by atomic mass is 32.2. The summed E-state index contributed by atoms with van der Waals surface area (Å²) < 4.78 is 23.0. The third-order valence-corrected chi connectivity index (χ3v) is 5.45. The summed E-state index contributed by atoms with van der Waals surface area (Å²) in [6.45, 7) is 1.70. The van der Waals surface area contributed by atoms with Crippen LogP contribution >= 0.6 is 0 Å². The second kappa shape index (κ2) is 6.56. The lowest BCUT2D eigenvalue weighted by Crippen LogP contribution is -2.36. The minimum Gasteiger partial charge on any atom is -0.347 e. The molecule has 8 heteroatoms. The van der Waals surface area contributed by atoms with Crippen molar-refractivity contribution < 1.29 is 13.2 Å². The number of para-hydroxylation sites is 1. The van der Waals surface area contributed by atoms with Crippen molar-refractivity contribution in [1.82, 2.24) is 15.3 Å². The number of carbonyl (C=O) groups is 1. The Balaban J connectivity index is 1.74. The van der Waals surface area contributed by atoms with Gasteiger partial charge in [0, 0.05) is 17.8 Å². The number of nitrogens with one attached hydrogen (secondary N) is 2. The molecule has 0 spiro atoms. The zero-order chi connectivity index (χ0) is 17.2. The number of benzene rings is 1. The first kappa shape index (κ1) is 16.4. The number of anilines is 2. The highest BCUT2D eigenvalue weighted by Crippen LogP contribution is 2.16. The van der Waals surface area contributed by atoms with E-state index in [-0.39, 0.29) is 23.2 Å². The molecular formula is C16H18N4O3S. The fourth-order valence-corrected chi connectivity index (χ4v) is 4.26. The van der Waals surface area contributed by atoms with Gasteiger partial charge in [-0.1, -0.05) is 18.2 Å². The van der Waals surface area contributed by atoms with Crippen LogP contribution in [0.4, 0.5) is 11.5 Å². The van der Waals surface area contributed by atoms with Crippen molar-refractivity contribution in [1.29, 1.82) is 0 Å². The van der Waals surface area contributed by atoms with Crippen LogP contribution in [-0.4, -0.2) is 41.8 Å². The van der Waals surface area contributed by atoms with Gasteiger partial charge in [-0.25, -0.2) is 18.4 Å². The summed E-state index contributed by atoms with van der Waals surface area (Å²) in [4.78, 5) is 20.8. The van der Waals surface area contributed by atoms with Gasteiger partial charge >= 0.3 is 0 Å². The molecular weight excluding hydrogens is 328 g/mol. The van der Waals surface area contributed by atoms with Crippen LogP contribution in [0.5, 0.6) is 0 Å². The Hall–Kier alpha value is -2.48. The average Bonchev–Trinajstić information content (AvgIpc) is 2.86. The van der Waals surface area contributed by atoms with Crippen LogP contribution in [-0.2, 0) is 9.84 Å². The summed E-state index contributed by atoms with van der Waals surface area (Å²) in [6.07, 6.45) is 0.438. The van der Waals surface area contributed by atoms with E-state index in [1.54, 1.807) is 13.0 Å². The fraction of sp³-hybridized carbons (Fsp3) is 0.312. The van der Waals surface area contributed by atoms with E-state index in [4.69, 9.17) is 0 Å². The van der Waals surface area contributed by atoms with Crippen LogP contribution in [0.3, 0.4) is 0 Å². The molecule has 2 heterocycles. The molecule has 1 fully saturated rings. The van der Waals surface area contributed by atoms with Gasteiger partial charge in [0.05, 0.1) is 11.5 Å². The Morgan fingerprint density at radius 2 is 1.96 bits per heavy atom. The molecule has 3 rings (SSSR count). The van der Waals surface area contributed by atoms with Crippen LogP contribution < -0.4 is 10.6 Å². The van der Waals surface area contributed by atoms with E-state index in [1.165, 1.54) is 0 Å². The standard InChI is InChI=1S/C16H18N4O3S/c1-11-17-14(16(21)20-13-7-8-24(22,23)10-13)9-15(18-11)19-12-5-3-2-4-6-12/h2-6,9,13H,7-8,10H2,1H3,(H,20,21)(H,17,18,19). The van der Waals surface area contributed by atoms with Gasteiger partial charge in [0.25, 0.3) is 5.91 Å². The number of carbonyl (C=O) groups excluding carboxylic acids is 1. The number of nitrogens with zero attached hydrogens (tertiary/aromatic N) is 2. The molecule has 1 aromatic carbocycles. The summed E-state index contributed by atoms with van der Waals surface area (Å²) in [5.41, 5.74) is 1.06. The number of aromatic nitrogens is 2. The van der Waals surface area contributed by atoms with Gasteiger partial charge in [0.1, 0.15) is 17.3 Å². The Morgan fingerprint density at radius 3 is 2.62 bits per heavy atom. The van der Waals surface area contributed by atoms with Crippen LogP contribution in [0.1, 0.15) is 22.7 Å². The van der Waals surface area contributed by atoms with Gasteiger partial charge in [-0.15, -0.1) is 0 Å². The van der Waals surface area contributed by atoms with Gasteiger partial charge in [0.2, 0.25) is 0 Å². The quantitative estimate of drug-likeness (QED) is 0.869. The molecule has 0 aliphatic carbocycles. The molecule has 126 valence electrons. The van der Waals surface area contributed by atoms with Crippen LogP contribution in [0, 0.1) is 6.92 Å². The van der Waals surface area contributed by atoms with Crippen molar-refractivity contribution in [2.75, 3.05) is 16.8 Å². The maximum Gasteiger partial charge on any atom is 0.270 e. The molecule has 1 atom stereocenters. The summed E-state index contributed by atoms with van der Waals surface area (Å²) in [5.74, 6) is 0.677. The minimum absolute atomic E-state index is 0.0159. The molecule has 1 unspecified atom stereocenters. The first-order valence-electron chi connectivity index (χ1n) is 7.60.